The molecular formula is C7H8N4O4. The Morgan fingerprint density at radius 1 is 1.67 bits per heavy atom. The zero-order valence-corrected chi connectivity index (χ0v) is 7.45. The fourth-order valence-electron chi connectivity index (χ4n) is 0.916. The maximum atomic E-state index is 10.1. The second-order valence-electron chi connectivity index (χ2n) is 2.50. The van der Waals surface area contributed by atoms with E-state index in [0.29, 0.717) is 5.06 Å². The Kier molecular flexibility index (Phi) is 2.91. The molecule has 0 aliphatic rings. The van der Waals surface area contributed by atoms with E-state index >= 15 is 0 Å². The Balaban J connectivity index is 2.98. The van der Waals surface area contributed by atoms with Gasteiger partial charge in [0.25, 0.3) is 0 Å². The monoisotopic (exact) mass is 212 g/mol. The number of aromatic hydroxyl groups is 1. The predicted molar refractivity (Wildman–Crippen MR) is 50.6 cm³/mol. The van der Waals surface area contributed by atoms with Crippen molar-refractivity contribution in [3.05, 3.63) is 34.4 Å². The summed E-state index contributed by atoms with van der Waals surface area (Å²) >= 11 is 0. The highest BCUT2D eigenvalue weighted by atomic mass is 17.0. The fourth-order valence-corrected chi connectivity index (χ4v) is 0.916. The fraction of sp³-hybridized carbons (Fsp3) is 0. The minimum Gasteiger partial charge on any atom is -0.508 e. The average Bonchev–Trinajstić information content (AvgIpc) is 2.13. The highest BCUT2D eigenvalue weighted by Gasteiger charge is 2.14. The van der Waals surface area contributed by atoms with Gasteiger partial charge in [0.1, 0.15) is 5.75 Å². The Morgan fingerprint density at radius 3 is 2.80 bits per heavy atom. The molecule has 4 N–H and O–H groups in total. The van der Waals surface area contributed by atoms with Crippen molar-refractivity contribution in [2.24, 2.45) is 5.73 Å². The molecular weight excluding hydrogens is 204 g/mol. The SMILES string of the molecule is N=C(N)N(O[N+](=O)[O-])c1cccc(O)c1. The van der Waals surface area contributed by atoms with Crippen molar-refractivity contribution in [1.29, 1.82) is 5.41 Å². The normalized spacial score (nSPS) is 9.33. The van der Waals surface area contributed by atoms with E-state index in [-0.39, 0.29) is 11.4 Å². The summed E-state index contributed by atoms with van der Waals surface area (Å²) < 4.78 is 0. The molecule has 0 saturated heterocycles. The van der Waals surface area contributed by atoms with Crippen LogP contribution in [0.3, 0.4) is 0 Å². The van der Waals surface area contributed by atoms with Gasteiger partial charge in [0.15, 0.2) is 0 Å². The topological polar surface area (TPSA) is 126 Å². The van der Waals surface area contributed by atoms with Gasteiger partial charge < -0.3 is 10.8 Å². The number of benzene rings is 1. The summed E-state index contributed by atoms with van der Waals surface area (Å²) in [6, 6.07) is 5.37. The van der Waals surface area contributed by atoms with Crippen molar-refractivity contribution >= 4 is 11.6 Å². The van der Waals surface area contributed by atoms with Crippen LogP contribution in [0.2, 0.25) is 0 Å². The third kappa shape index (κ3) is 2.72. The summed E-state index contributed by atoms with van der Waals surface area (Å²) in [5.41, 5.74) is 5.15. The molecule has 0 aliphatic heterocycles. The number of anilines is 1. The molecule has 0 spiro atoms. The van der Waals surface area contributed by atoms with Gasteiger partial charge in [-0.25, -0.2) is 0 Å². The van der Waals surface area contributed by atoms with Crippen molar-refractivity contribution < 1.29 is 15.1 Å². The van der Waals surface area contributed by atoms with E-state index in [4.69, 9.17) is 16.2 Å². The smallest absolute Gasteiger partial charge is 0.317 e. The van der Waals surface area contributed by atoms with Gasteiger partial charge in [0.2, 0.25) is 5.96 Å². The van der Waals surface area contributed by atoms with Crippen LogP contribution in [0.1, 0.15) is 0 Å². The molecule has 80 valence electrons. The van der Waals surface area contributed by atoms with Gasteiger partial charge in [-0.05, 0) is 12.1 Å². The number of nitrogens with zero attached hydrogens (tertiary/aromatic N) is 2. The lowest BCUT2D eigenvalue weighted by molar-refractivity contribution is -0.758. The molecule has 0 saturated carbocycles. The van der Waals surface area contributed by atoms with E-state index in [9.17, 15) is 10.1 Å². The zero-order chi connectivity index (χ0) is 11.4. The van der Waals surface area contributed by atoms with Crippen LogP contribution in [-0.4, -0.2) is 16.2 Å². The largest absolute Gasteiger partial charge is 0.508 e. The van der Waals surface area contributed by atoms with Crippen molar-refractivity contribution in [2.45, 2.75) is 0 Å². The standard InChI is InChI=1S/C7H8N4O4/c8-7(9)10(15-11(13)14)5-2-1-3-6(12)4-5/h1-4,12H,(H3,8,9). The van der Waals surface area contributed by atoms with E-state index in [2.05, 4.69) is 4.94 Å². The van der Waals surface area contributed by atoms with Crippen LogP contribution >= 0.6 is 0 Å². The third-order valence-corrected chi connectivity index (χ3v) is 1.43. The maximum Gasteiger partial charge on any atom is 0.317 e. The van der Waals surface area contributed by atoms with Crippen molar-refractivity contribution in [3.8, 4) is 5.75 Å². The molecule has 0 atom stereocenters. The van der Waals surface area contributed by atoms with E-state index in [1.807, 2.05) is 0 Å². The van der Waals surface area contributed by atoms with Crippen molar-refractivity contribution in [2.75, 3.05) is 5.06 Å². The molecule has 0 radical (unpaired) electrons. The van der Waals surface area contributed by atoms with E-state index in [1.54, 1.807) is 0 Å². The minimum absolute atomic E-state index is 0.0826. The summed E-state index contributed by atoms with van der Waals surface area (Å²) in [6.45, 7) is 0. The quantitative estimate of drug-likeness (QED) is 0.284. The summed E-state index contributed by atoms with van der Waals surface area (Å²) in [5.74, 6) is -0.789. The molecule has 0 aliphatic carbocycles. The summed E-state index contributed by atoms with van der Waals surface area (Å²) in [4.78, 5) is 14.1. The predicted octanol–water partition coefficient (Wildman–Crippen LogP) is 0.215. The second-order valence-corrected chi connectivity index (χ2v) is 2.50. The summed E-state index contributed by atoms with van der Waals surface area (Å²) in [6.07, 6.45) is 0. The van der Waals surface area contributed by atoms with E-state index in [0.717, 1.165) is 0 Å². The molecule has 0 bridgehead atoms. The number of guanidine groups is 1. The number of phenolic OH excluding ortho intramolecular Hbond substituents is 1. The van der Waals surface area contributed by atoms with Crippen LogP contribution < -0.4 is 10.8 Å². The molecule has 1 aromatic rings. The van der Waals surface area contributed by atoms with Gasteiger partial charge >= 0.3 is 5.09 Å². The lowest BCUT2D eigenvalue weighted by Crippen LogP contribution is -2.38. The average molecular weight is 212 g/mol. The third-order valence-electron chi connectivity index (χ3n) is 1.43. The number of nitrogens with two attached hydrogens (primary N) is 1. The lowest BCUT2D eigenvalue weighted by atomic mass is 10.3. The van der Waals surface area contributed by atoms with Crippen molar-refractivity contribution in [1.82, 2.24) is 0 Å². The summed E-state index contributed by atoms with van der Waals surface area (Å²) in [7, 11) is 0. The Hall–Kier alpha value is -2.51. The van der Waals surface area contributed by atoms with Crippen LogP contribution in [0.4, 0.5) is 5.69 Å². The molecule has 8 nitrogen and oxygen atoms in total. The Morgan fingerprint density at radius 2 is 2.33 bits per heavy atom. The van der Waals surface area contributed by atoms with Crippen LogP contribution in [0, 0.1) is 15.5 Å². The first-order valence-electron chi connectivity index (χ1n) is 3.76. The zero-order valence-electron chi connectivity index (χ0n) is 7.45. The van der Waals surface area contributed by atoms with Crippen molar-refractivity contribution in [3.63, 3.8) is 0 Å². The number of hydrogen-bond donors (Lipinski definition) is 3. The molecule has 1 rings (SSSR count). The van der Waals surface area contributed by atoms with Crippen LogP contribution in [0.15, 0.2) is 24.3 Å². The Bertz CT molecular complexity index is 394. The van der Waals surface area contributed by atoms with Gasteiger partial charge in [0, 0.05) is 6.07 Å². The maximum absolute atomic E-state index is 10.1. The van der Waals surface area contributed by atoms with Gasteiger partial charge in [-0.2, -0.15) is 4.94 Å². The van der Waals surface area contributed by atoms with Gasteiger partial charge in [-0.3, -0.25) is 5.41 Å². The summed E-state index contributed by atoms with van der Waals surface area (Å²) in [5, 5.41) is 25.6. The molecule has 8 heteroatoms. The second kappa shape index (κ2) is 4.13. The first-order chi connectivity index (χ1) is 7.00. The van der Waals surface area contributed by atoms with Gasteiger partial charge in [0.05, 0.1) is 5.69 Å². The number of hydroxylamine groups is 1. The highest BCUT2D eigenvalue weighted by Crippen LogP contribution is 2.19. The van der Waals surface area contributed by atoms with Gasteiger partial charge in [-0.15, -0.1) is 15.2 Å². The molecule has 0 heterocycles. The molecule has 0 unspecified atom stereocenters. The molecule has 1 aromatic carbocycles. The molecule has 0 amide bonds. The van der Waals surface area contributed by atoms with Crippen LogP contribution in [0.5, 0.6) is 5.75 Å². The molecule has 15 heavy (non-hydrogen) atoms. The Labute approximate surface area is 84.1 Å². The first-order valence-corrected chi connectivity index (χ1v) is 3.76. The highest BCUT2D eigenvalue weighted by molar-refractivity contribution is 5.90. The molecule has 0 aromatic heterocycles. The van der Waals surface area contributed by atoms with E-state index < -0.39 is 11.0 Å². The number of rotatable bonds is 3. The first kappa shape index (κ1) is 10.6. The minimum atomic E-state index is -1.11. The number of nitrogens with one attached hydrogen (secondary N) is 1. The number of phenols is 1. The van der Waals surface area contributed by atoms with Crippen LogP contribution in [-0.2, 0) is 4.94 Å². The lowest BCUT2D eigenvalue weighted by Gasteiger charge is -2.17. The number of hydrogen-bond acceptors (Lipinski definition) is 5. The molecule has 0 fully saturated rings. The van der Waals surface area contributed by atoms with Gasteiger partial charge in [-0.1, -0.05) is 6.07 Å². The van der Waals surface area contributed by atoms with Crippen LogP contribution in [0.25, 0.3) is 0 Å². The van der Waals surface area contributed by atoms with E-state index in [1.165, 1.54) is 24.3 Å².